The van der Waals surface area contributed by atoms with Crippen LogP contribution >= 0.6 is 0 Å². The molecule has 2 aromatic rings. The van der Waals surface area contributed by atoms with E-state index in [2.05, 4.69) is 53.1 Å². The molecule has 1 aliphatic carbocycles. The largest absolute Gasteiger partial charge is 0.492 e. The van der Waals surface area contributed by atoms with Crippen molar-refractivity contribution in [1.82, 2.24) is 10.6 Å². The molecule has 134 valence electrons. The van der Waals surface area contributed by atoms with Crippen molar-refractivity contribution in [3.63, 3.8) is 0 Å². The SMILES string of the molecule is c1ccc2cc(OCCNC3CCCC3C3COCCN3)ccc2c1. The molecule has 0 radical (unpaired) electrons. The second-order valence-electron chi connectivity index (χ2n) is 7.15. The van der Waals surface area contributed by atoms with E-state index < -0.39 is 0 Å². The zero-order valence-corrected chi connectivity index (χ0v) is 14.7. The monoisotopic (exact) mass is 340 g/mol. The Bertz CT molecular complexity index is 684. The fourth-order valence-electron chi connectivity index (χ4n) is 4.25. The summed E-state index contributed by atoms with van der Waals surface area (Å²) >= 11 is 0. The van der Waals surface area contributed by atoms with E-state index in [9.17, 15) is 0 Å². The fourth-order valence-corrected chi connectivity index (χ4v) is 4.25. The summed E-state index contributed by atoms with van der Waals surface area (Å²) in [6, 6.07) is 15.8. The van der Waals surface area contributed by atoms with Crippen LogP contribution in [-0.2, 0) is 4.74 Å². The zero-order chi connectivity index (χ0) is 16.9. The van der Waals surface area contributed by atoms with E-state index in [1.165, 1.54) is 30.0 Å². The van der Waals surface area contributed by atoms with Crippen LogP contribution in [-0.4, -0.2) is 45.0 Å². The Balaban J connectivity index is 1.25. The minimum atomic E-state index is 0.509. The minimum Gasteiger partial charge on any atom is -0.492 e. The molecule has 1 aliphatic heterocycles. The summed E-state index contributed by atoms with van der Waals surface area (Å²) in [5.41, 5.74) is 0. The van der Waals surface area contributed by atoms with E-state index in [0.29, 0.717) is 24.6 Å². The molecule has 2 fully saturated rings. The van der Waals surface area contributed by atoms with Crippen molar-refractivity contribution >= 4 is 10.8 Å². The van der Waals surface area contributed by atoms with Crippen molar-refractivity contribution in [2.24, 2.45) is 5.92 Å². The second-order valence-corrected chi connectivity index (χ2v) is 7.15. The summed E-state index contributed by atoms with van der Waals surface area (Å²) in [7, 11) is 0. The highest BCUT2D eigenvalue weighted by molar-refractivity contribution is 5.83. The third-order valence-corrected chi connectivity index (χ3v) is 5.53. The number of hydrogen-bond donors (Lipinski definition) is 2. The van der Waals surface area contributed by atoms with Crippen LogP contribution in [0.5, 0.6) is 5.75 Å². The number of morpholine rings is 1. The van der Waals surface area contributed by atoms with Crippen LogP contribution in [0, 0.1) is 5.92 Å². The van der Waals surface area contributed by atoms with Gasteiger partial charge < -0.3 is 20.1 Å². The van der Waals surface area contributed by atoms with Crippen molar-refractivity contribution in [3.05, 3.63) is 42.5 Å². The van der Waals surface area contributed by atoms with Crippen LogP contribution in [0.15, 0.2) is 42.5 Å². The van der Waals surface area contributed by atoms with Crippen molar-refractivity contribution in [3.8, 4) is 5.75 Å². The third kappa shape index (κ3) is 4.14. The van der Waals surface area contributed by atoms with Crippen molar-refractivity contribution in [2.75, 3.05) is 32.9 Å². The highest BCUT2D eigenvalue weighted by Crippen LogP contribution is 2.29. The Hall–Kier alpha value is -1.62. The Labute approximate surface area is 149 Å². The van der Waals surface area contributed by atoms with Crippen LogP contribution in [0.2, 0.25) is 0 Å². The maximum absolute atomic E-state index is 5.95. The molecule has 4 rings (SSSR count). The summed E-state index contributed by atoms with van der Waals surface area (Å²) in [6.07, 6.45) is 3.87. The van der Waals surface area contributed by atoms with Gasteiger partial charge in [0, 0.05) is 25.2 Å². The molecule has 2 aromatic carbocycles. The molecule has 3 atom stereocenters. The van der Waals surface area contributed by atoms with Gasteiger partial charge in [0.1, 0.15) is 12.4 Å². The molecule has 0 amide bonds. The van der Waals surface area contributed by atoms with Crippen molar-refractivity contribution < 1.29 is 9.47 Å². The van der Waals surface area contributed by atoms with Gasteiger partial charge in [-0.25, -0.2) is 0 Å². The molecule has 0 bridgehead atoms. The zero-order valence-electron chi connectivity index (χ0n) is 14.7. The molecule has 0 aromatic heterocycles. The normalized spacial score (nSPS) is 26.8. The minimum absolute atomic E-state index is 0.509. The predicted octanol–water partition coefficient (Wildman–Crippen LogP) is 2.97. The number of ether oxygens (including phenoxy) is 2. The van der Waals surface area contributed by atoms with Crippen LogP contribution in [0.1, 0.15) is 19.3 Å². The number of nitrogens with one attached hydrogen (secondary N) is 2. The van der Waals surface area contributed by atoms with Crippen LogP contribution in [0.25, 0.3) is 10.8 Å². The standard InChI is InChI=1S/C21H28N2O2/c1-2-5-17-14-18(9-8-16(17)4-1)25-13-11-22-20-7-3-6-19(20)21-15-24-12-10-23-21/h1-2,4-5,8-9,14,19-23H,3,6-7,10-13,15H2. The predicted molar refractivity (Wildman–Crippen MR) is 101 cm³/mol. The Morgan fingerprint density at radius 3 is 2.92 bits per heavy atom. The van der Waals surface area contributed by atoms with Gasteiger partial charge in [0.05, 0.1) is 13.2 Å². The molecule has 2 N–H and O–H groups in total. The first kappa shape index (κ1) is 16.8. The molecule has 1 heterocycles. The molecule has 1 saturated carbocycles. The summed E-state index contributed by atoms with van der Waals surface area (Å²) < 4.78 is 11.6. The molecule has 2 aliphatic rings. The summed E-state index contributed by atoms with van der Waals surface area (Å²) in [4.78, 5) is 0. The smallest absolute Gasteiger partial charge is 0.120 e. The highest BCUT2D eigenvalue weighted by Gasteiger charge is 2.34. The van der Waals surface area contributed by atoms with Crippen LogP contribution in [0.4, 0.5) is 0 Å². The topological polar surface area (TPSA) is 42.5 Å². The van der Waals surface area contributed by atoms with E-state index in [1.54, 1.807) is 0 Å². The summed E-state index contributed by atoms with van der Waals surface area (Å²) in [6.45, 7) is 4.29. The summed E-state index contributed by atoms with van der Waals surface area (Å²) in [5.74, 6) is 1.63. The van der Waals surface area contributed by atoms with Gasteiger partial charge in [-0.05, 0) is 41.7 Å². The average Bonchev–Trinajstić information content (AvgIpc) is 3.14. The molecular weight excluding hydrogens is 312 g/mol. The van der Waals surface area contributed by atoms with Gasteiger partial charge in [0.25, 0.3) is 0 Å². The number of fused-ring (bicyclic) bond motifs is 1. The molecule has 3 unspecified atom stereocenters. The first-order valence-corrected chi connectivity index (χ1v) is 9.56. The lowest BCUT2D eigenvalue weighted by Crippen LogP contribution is -2.51. The van der Waals surface area contributed by atoms with E-state index in [4.69, 9.17) is 9.47 Å². The molecule has 4 nitrogen and oxygen atoms in total. The Morgan fingerprint density at radius 1 is 1.12 bits per heavy atom. The first-order chi connectivity index (χ1) is 12.4. The maximum atomic E-state index is 5.95. The van der Waals surface area contributed by atoms with E-state index in [1.807, 2.05) is 0 Å². The number of rotatable bonds is 6. The number of benzene rings is 2. The maximum Gasteiger partial charge on any atom is 0.120 e. The van der Waals surface area contributed by atoms with E-state index in [-0.39, 0.29) is 0 Å². The van der Waals surface area contributed by atoms with Crippen molar-refractivity contribution in [2.45, 2.75) is 31.3 Å². The van der Waals surface area contributed by atoms with E-state index in [0.717, 1.165) is 32.1 Å². The average molecular weight is 340 g/mol. The molecular formula is C21H28N2O2. The molecule has 4 heteroatoms. The van der Waals surface area contributed by atoms with Gasteiger partial charge in [0.15, 0.2) is 0 Å². The van der Waals surface area contributed by atoms with Gasteiger partial charge in [0.2, 0.25) is 0 Å². The lowest BCUT2D eigenvalue weighted by molar-refractivity contribution is 0.0523. The first-order valence-electron chi connectivity index (χ1n) is 9.56. The Kier molecular flexibility index (Phi) is 5.50. The lowest BCUT2D eigenvalue weighted by Gasteiger charge is -2.33. The quantitative estimate of drug-likeness (QED) is 0.794. The molecule has 25 heavy (non-hydrogen) atoms. The lowest BCUT2D eigenvalue weighted by atomic mass is 9.94. The Morgan fingerprint density at radius 2 is 2.04 bits per heavy atom. The summed E-state index contributed by atoms with van der Waals surface area (Å²) in [5, 5.41) is 9.83. The van der Waals surface area contributed by atoms with Gasteiger partial charge in [-0.1, -0.05) is 36.8 Å². The molecule has 1 saturated heterocycles. The van der Waals surface area contributed by atoms with Gasteiger partial charge in [-0.2, -0.15) is 0 Å². The number of hydrogen-bond acceptors (Lipinski definition) is 4. The second kappa shape index (κ2) is 8.17. The fraction of sp³-hybridized carbons (Fsp3) is 0.524. The van der Waals surface area contributed by atoms with Crippen LogP contribution < -0.4 is 15.4 Å². The van der Waals surface area contributed by atoms with Crippen molar-refractivity contribution in [1.29, 1.82) is 0 Å². The highest BCUT2D eigenvalue weighted by atomic mass is 16.5. The van der Waals surface area contributed by atoms with E-state index >= 15 is 0 Å². The van der Waals surface area contributed by atoms with Gasteiger partial charge in [-0.15, -0.1) is 0 Å². The van der Waals surface area contributed by atoms with Crippen LogP contribution in [0.3, 0.4) is 0 Å². The van der Waals surface area contributed by atoms with Gasteiger partial charge in [-0.3, -0.25) is 0 Å². The van der Waals surface area contributed by atoms with Gasteiger partial charge >= 0.3 is 0 Å². The molecule has 0 spiro atoms. The third-order valence-electron chi connectivity index (χ3n) is 5.53.